The van der Waals surface area contributed by atoms with Crippen LogP contribution in [-0.2, 0) is 16.0 Å². The van der Waals surface area contributed by atoms with Crippen LogP contribution in [-0.4, -0.2) is 19.1 Å². The number of ether oxygens (including phenoxy) is 1. The summed E-state index contributed by atoms with van der Waals surface area (Å²) in [4.78, 5) is 12.0. The Bertz CT molecular complexity index is 426. The van der Waals surface area contributed by atoms with Gasteiger partial charge in [-0.05, 0) is 37.0 Å². The Morgan fingerprint density at radius 1 is 1.56 bits per heavy atom. The van der Waals surface area contributed by atoms with Gasteiger partial charge in [-0.15, -0.1) is 0 Å². The number of carbonyl (C=O) groups is 1. The summed E-state index contributed by atoms with van der Waals surface area (Å²) in [6.07, 6.45) is 2.75. The number of anilines is 2. The van der Waals surface area contributed by atoms with Crippen molar-refractivity contribution in [3.63, 3.8) is 0 Å². The zero-order valence-electron chi connectivity index (χ0n) is 10.7. The van der Waals surface area contributed by atoms with Gasteiger partial charge in [0.05, 0.1) is 12.5 Å². The molecule has 1 aromatic rings. The fraction of sp³-hybridized carbons (Fsp3) is 0.500. The maximum Gasteiger partial charge on any atom is 0.229 e. The Labute approximate surface area is 108 Å². The molecule has 18 heavy (non-hydrogen) atoms. The van der Waals surface area contributed by atoms with E-state index in [0.29, 0.717) is 6.61 Å². The number of rotatable bonds is 3. The van der Waals surface area contributed by atoms with Crippen LogP contribution in [0.4, 0.5) is 11.4 Å². The lowest BCUT2D eigenvalue weighted by Crippen LogP contribution is -2.30. The average molecular weight is 248 g/mol. The van der Waals surface area contributed by atoms with Crippen LogP contribution in [0, 0.1) is 5.92 Å². The molecule has 1 saturated heterocycles. The summed E-state index contributed by atoms with van der Waals surface area (Å²) in [6, 6.07) is 5.68. The third-order valence-corrected chi connectivity index (χ3v) is 3.33. The van der Waals surface area contributed by atoms with E-state index in [1.54, 1.807) is 0 Å². The van der Waals surface area contributed by atoms with Gasteiger partial charge in [-0.1, -0.05) is 13.0 Å². The SMILES string of the molecule is CCc1ccc(NC(=O)C2CCCOC2)cc1N. The van der Waals surface area contributed by atoms with Crippen molar-refractivity contribution in [2.75, 3.05) is 24.3 Å². The van der Waals surface area contributed by atoms with Gasteiger partial charge in [0.25, 0.3) is 0 Å². The molecule has 1 amide bonds. The topological polar surface area (TPSA) is 64.3 Å². The van der Waals surface area contributed by atoms with Gasteiger partial charge >= 0.3 is 0 Å². The lowest BCUT2D eigenvalue weighted by Gasteiger charge is -2.21. The van der Waals surface area contributed by atoms with Gasteiger partial charge in [-0.25, -0.2) is 0 Å². The Kier molecular flexibility index (Phi) is 4.20. The third kappa shape index (κ3) is 3.01. The first-order chi connectivity index (χ1) is 8.70. The van der Waals surface area contributed by atoms with Crippen LogP contribution in [0.5, 0.6) is 0 Å². The average Bonchev–Trinajstić information content (AvgIpc) is 2.40. The van der Waals surface area contributed by atoms with Gasteiger partial charge in [0, 0.05) is 18.0 Å². The predicted octanol–water partition coefficient (Wildman–Crippen LogP) is 2.20. The summed E-state index contributed by atoms with van der Waals surface area (Å²) in [7, 11) is 0. The number of nitrogen functional groups attached to an aromatic ring is 1. The summed E-state index contributed by atoms with van der Waals surface area (Å²) in [5, 5.41) is 2.90. The number of benzene rings is 1. The van der Waals surface area contributed by atoms with Gasteiger partial charge < -0.3 is 15.8 Å². The number of nitrogens with one attached hydrogen (secondary N) is 1. The Morgan fingerprint density at radius 2 is 2.39 bits per heavy atom. The van der Waals surface area contributed by atoms with Gasteiger partial charge in [0.1, 0.15) is 0 Å². The van der Waals surface area contributed by atoms with E-state index in [0.717, 1.165) is 42.8 Å². The van der Waals surface area contributed by atoms with E-state index in [1.165, 1.54) is 0 Å². The zero-order chi connectivity index (χ0) is 13.0. The lowest BCUT2D eigenvalue weighted by molar-refractivity contribution is -0.123. The molecule has 1 aromatic carbocycles. The molecular weight excluding hydrogens is 228 g/mol. The molecule has 0 aromatic heterocycles. The zero-order valence-corrected chi connectivity index (χ0v) is 10.7. The number of hydrogen-bond acceptors (Lipinski definition) is 3. The highest BCUT2D eigenvalue weighted by Gasteiger charge is 2.21. The van der Waals surface area contributed by atoms with Crippen molar-refractivity contribution in [2.24, 2.45) is 5.92 Å². The maximum atomic E-state index is 12.0. The highest BCUT2D eigenvalue weighted by Crippen LogP contribution is 2.20. The summed E-state index contributed by atoms with van der Waals surface area (Å²) >= 11 is 0. The molecule has 0 radical (unpaired) electrons. The second-order valence-corrected chi connectivity index (χ2v) is 4.67. The summed E-state index contributed by atoms with van der Waals surface area (Å²) in [6.45, 7) is 3.35. The van der Waals surface area contributed by atoms with E-state index in [-0.39, 0.29) is 11.8 Å². The molecule has 0 aliphatic carbocycles. The maximum absolute atomic E-state index is 12.0. The molecule has 4 nitrogen and oxygen atoms in total. The quantitative estimate of drug-likeness (QED) is 0.806. The van der Waals surface area contributed by atoms with Crippen LogP contribution in [0.3, 0.4) is 0 Å². The molecular formula is C14H20N2O2. The Balaban J connectivity index is 2.00. The highest BCUT2D eigenvalue weighted by atomic mass is 16.5. The standard InChI is InChI=1S/C14H20N2O2/c1-2-10-5-6-12(8-13(10)15)16-14(17)11-4-3-7-18-9-11/h5-6,8,11H,2-4,7,9,15H2,1H3,(H,16,17). The molecule has 0 spiro atoms. The molecule has 0 bridgehead atoms. The van der Waals surface area contributed by atoms with Gasteiger partial charge in [0.2, 0.25) is 5.91 Å². The number of aryl methyl sites for hydroxylation is 1. The predicted molar refractivity (Wildman–Crippen MR) is 72.4 cm³/mol. The molecule has 98 valence electrons. The van der Waals surface area contributed by atoms with Crippen LogP contribution in [0.1, 0.15) is 25.3 Å². The van der Waals surface area contributed by atoms with E-state index >= 15 is 0 Å². The molecule has 1 heterocycles. The van der Waals surface area contributed by atoms with Crippen molar-refractivity contribution in [1.29, 1.82) is 0 Å². The molecule has 0 saturated carbocycles. The van der Waals surface area contributed by atoms with Gasteiger partial charge in [-0.2, -0.15) is 0 Å². The molecule has 4 heteroatoms. The molecule has 3 N–H and O–H groups in total. The minimum Gasteiger partial charge on any atom is -0.398 e. The minimum absolute atomic E-state index is 0.0262. The monoisotopic (exact) mass is 248 g/mol. The molecule has 1 aliphatic heterocycles. The van der Waals surface area contributed by atoms with E-state index in [9.17, 15) is 4.79 Å². The van der Waals surface area contributed by atoms with Gasteiger partial charge in [-0.3, -0.25) is 4.79 Å². The summed E-state index contributed by atoms with van der Waals surface area (Å²) < 4.78 is 5.32. The number of carbonyl (C=O) groups excluding carboxylic acids is 1. The smallest absolute Gasteiger partial charge is 0.229 e. The van der Waals surface area contributed by atoms with Crippen molar-refractivity contribution in [1.82, 2.24) is 0 Å². The van der Waals surface area contributed by atoms with Crippen molar-refractivity contribution in [3.8, 4) is 0 Å². The van der Waals surface area contributed by atoms with Crippen LogP contribution in [0.15, 0.2) is 18.2 Å². The van der Waals surface area contributed by atoms with Crippen LogP contribution >= 0.6 is 0 Å². The molecule has 2 rings (SSSR count). The first kappa shape index (κ1) is 12.9. The van der Waals surface area contributed by atoms with Gasteiger partial charge in [0.15, 0.2) is 0 Å². The van der Waals surface area contributed by atoms with Crippen LogP contribution in [0.2, 0.25) is 0 Å². The van der Waals surface area contributed by atoms with Crippen molar-refractivity contribution in [2.45, 2.75) is 26.2 Å². The lowest BCUT2D eigenvalue weighted by atomic mass is 10.0. The highest BCUT2D eigenvalue weighted by molar-refractivity contribution is 5.93. The van der Waals surface area contributed by atoms with E-state index in [2.05, 4.69) is 12.2 Å². The molecule has 1 unspecified atom stereocenters. The van der Waals surface area contributed by atoms with E-state index < -0.39 is 0 Å². The van der Waals surface area contributed by atoms with Crippen molar-refractivity contribution in [3.05, 3.63) is 23.8 Å². The largest absolute Gasteiger partial charge is 0.398 e. The fourth-order valence-electron chi connectivity index (χ4n) is 2.19. The Morgan fingerprint density at radius 3 is 3.00 bits per heavy atom. The van der Waals surface area contributed by atoms with Crippen molar-refractivity contribution < 1.29 is 9.53 Å². The van der Waals surface area contributed by atoms with E-state index in [1.807, 2.05) is 18.2 Å². The second-order valence-electron chi connectivity index (χ2n) is 4.67. The first-order valence-electron chi connectivity index (χ1n) is 6.47. The number of amides is 1. The third-order valence-electron chi connectivity index (χ3n) is 3.33. The molecule has 1 aliphatic rings. The van der Waals surface area contributed by atoms with Crippen LogP contribution < -0.4 is 11.1 Å². The van der Waals surface area contributed by atoms with E-state index in [4.69, 9.17) is 10.5 Å². The summed E-state index contributed by atoms with van der Waals surface area (Å²) in [5.74, 6) is -0.0100. The molecule has 1 atom stereocenters. The van der Waals surface area contributed by atoms with Crippen molar-refractivity contribution >= 4 is 17.3 Å². The Hall–Kier alpha value is -1.55. The minimum atomic E-state index is -0.0363. The molecule has 1 fully saturated rings. The number of nitrogens with two attached hydrogens (primary N) is 1. The first-order valence-corrected chi connectivity index (χ1v) is 6.47. The normalized spacial score (nSPS) is 19.5. The van der Waals surface area contributed by atoms with Crippen LogP contribution in [0.25, 0.3) is 0 Å². The second kappa shape index (κ2) is 5.87. The summed E-state index contributed by atoms with van der Waals surface area (Å²) in [5.41, 5.74) is 8.51. The number of hydrogen-bond donors (Lipinski definition) is 2. The fourth-order valence-corrected chi connectivity index (χ4v) is 2.19.